The maximum Gasteiger partial charge on any atom is 0.416 e. The van der Waals surface area contributed by atoms with E-state index in [1.54, 1.807) is 36.5 Å². The Morgan fingerprint density at radius 2 is 1.86 bits per heavy atom. The third-order valence-corrected chi connectivity index (χ3v) is 5.21. The van der Waals surface area contributed by atoms with E-state index in [1.807, 2.05) is 6.07 Å². The summed E-state index contributed by atoms with van der Waals surface area (Å²) in [5.74, 6) is 0.722. The molecular formula is C23H17F3N8O. The number of hydrogen-bond donors (Lipinski definition) is 4. The van der Waals surface area contributed by atoms with Crippen molar-refractivity contribution in [3.63, 3.8) is 0 Å². The molecule has 0 amide bonds. The largest absolute Gasteiger partial charge is 0.489 e. The number of benzene rings is 2. The first-order valence-corrected chi connectivity index (χ1v) is 10.1. The summed E-state index contributed by atoms with van der Waals surface area (Å²) < 4.78 is 44.4. The number of guanidine groups is 1. The summed E-state index contributed by atoms with van der Waals surface area (Å²) in [6.45, 7) is -0.0600. The molecule has 9 nitrogen and oxygen atoms in total. The van der Waals surface area contributed by atoms with Crippen LogP contribution >= 0.6 is 0 Å². The Bertz CT molecular complexity index is 1390. The maximum atomic E-state index is 12.9. The molecule has 3 aromatic rings. The van der Waals surface area contributed by atoms with Crippen LogP contribution in [0.4, 0.5) is 30.5 Å². The molecule has 1 unspecified atom stereocenters. The summed E-state index contributed by atoms with van der Waals surface area (Å²) in [7, 11) is 0. The summed E-state index contributed by atoms with van der Waals surface area (Å²) >= 11 is 0. The van der Waals surface area contributed by atoms with Crippen LogP contribution < -0.4 is 26.8 Å². The van der Waals surface area contributed by atoms with Crippen molar-refractivity contribution in [3.8, 4) is 18.0 Å². The molecule has 6 N–H and O–H groups in total. The topological polar surface area (TPSA) is 158 Å². The Morgan fingerprint density at radius 1 is 1.11 bits per heavy atom. The predicted octanol–water partition coefficient (Wildman–Crippen LogP) is 3.66. The third kappa shape index (κ3) is 4.72. The van der Waals surface area contributed by atoms with Crippen LogP contribution in [-0.2, 0) is 12.8 Å². The molecule has 12 heteroatoms. The van der Waals surface area contributed by atoms with Gasteiger partial charge in [-0.2, -0.15) is 23.7 Å². The van der Waals surface area contributed by atoms with Crippen molar-refractivity contribution in [2.75, 3.05) is 16.8 Å². The highest BCUT2D eigenvalue weighted by Crippen LogP contribution is 2.40. The van der Waals surface area contributed by atoms with E-state index in [4.69, 9.17) is 21.5 Å². The Balaban J connectivity index is 1.61. The fourth-order valence-electron chi connectivity index (χ4n) is 3.57. The van der Waals surface area contributed by atoms with Gasteiger partial charge in [-0.3, -0.25) is 5.32 Å². The second kappa shape index (κ2) is 9.11. The summed E-state index contributed by atoms with van der Waals surface area (Å²) in [4.78, 5) is 8.65. The number of nitrogens with one attached hydrogen (secondary N) is 2. The van der Waals surface area contributed by atoms with Gasteiger partial charge in [0.2, 0.25) is 5.96 Å². The van der Waals surface area contributed by atoms with E-state index < -0.39 is 17.8 Å². The number of aliphatic imine (C=N–C) groups is 1. The smallest absolute Gasteiger partial charge is 0.416 e. The van der Waals surface area contributed by atoms with Crippen LogP contribution in [0.25, 0.3) is 0 Å². The fraction of sp³-hybridized carbons (Fsp3) is 0.130. The fourth-order valence-corrected chi connectivity index (χ4v) is 3.57. The zero-order chi connectivity index (χ0) is 25.2. The second-order valence-corrected chi connectivity index (χ2v) is 7.46. The van der Waals surface area contributed by atoms with Gasteiger partial charge < -0.3 is 21.5 Å². The molecule has 0 bridgehead atoms. The highest BCUT2D eigenvalue weighted by Gasteiger charge is 2.31. The number of aromatic nitrogens is 1. The van der Waals surface area contributed by atoms with E-state index >= 15 is 0 Å². The molecule has 1 atom stereocenters. The van der Waals surface area contributed by atoms with Crippen LogP contribution in [0.2, 0.25) is 0 Å². The number of nitrogen functional groups attached to an aromatic ring is 2. The van der Waals surface area contributed by atoms with Crippen molar-refractivity contribution in [2.45, 2.75) is 18.8 Å². The van der Waals surface area contributed by atoms with Gasteiger partial charge in [0.05, 0.1) is 11.3 Å². The quantitative estimate of drug-likeness (QED) is 0.327. The SMILES string of the molecule is N#CNC1=NC(c2ccc(OCc3cccc(C(F)(F)F)c3)cc2)c2c(nc(N)c(C#N)c2N)N1. The van der Waals surface area contributed by atoms with Gasteiger partial charge in [-0.05, 0) is 35.4 Å². The molecule has 1 aliphatic heterocycles. The van der Waals surface area contributed by atoms with Crippen molar-refractivity contribution in [1.29, 1.82) is 10.5 Å². The number of pyridine rings is 1. The first-order chi connectivity index (χ1) is 16.7. The van der Waals surface area contributed by atoms with Gasteiger partial charge in [-0.25, -0.2) is 9.98 Å². The summed E-state index contributed by atoms with van der Waals surface area (Å²) in [5, 5.41) is 23.6. The number of hydrogen-bond acceptors (Lipinski definition) is 9. The van der Waals surface area contributed by atoms with E-state index in [1.165, 1.54) is 6.07 Å². The first-order valence-electron chi connectivity index (χ1n) is 10.1. The minimum absolute atomic E-state index is 0.0171. The molecule has 0 radical (unpaired) electrons. The van der Waals surface area contributed by atoms with Gasteiger partial charge in [-0.1, -0.05) is 24.3 Å². The van der Waals surface area contributed by atoms with E-state index in [0.717, 1.165) is 12.1 Å². The molecular weight excluding hydrogens is 461 g/mol. The standard InChI is InChI=1S/C23H17F3N8O/c24-23(25,26)14-3-1-2-12(8-14)10-35-15-6-4-13(5-7-15)19-17-18(29)16(9-27)20(30)33-21(17)34-22(32-19)31-11-28/h1-8,19H,10H2,(H6,29,30,31,32,33,34). The highest BCUT2D eigenvalue weighted by molar-refractivity contribution is 5.98. The van der Waals surface area contributed by atoms with Crippen LogP contribution in [0.5, 0.6) is 5.75 Å². The van der Waals surface area contributed by atoms with Crippen molar-refractivity contribution in [1.82, 2.24) is 10.3 Å². The van der Waals surface area contributed by atoms with Gasteiger partial charge in [0, 0.05) is 5.56 Å². The number of anilines is 3. The zero-order valence-electron chi connectivity index (χ0n) is 17.9. The monoisotopic (exact) mass is 478 g/mol. The number of ether oxygens (including phenoxy) is 1. The van der Waals surface area contributed by atoms with E-state index in [-0.39, 0.29) is 35.5 Å². The van der Waals surface area contributed by atoms with Crippen molar-refractivity contribution in [3.05, 3.63) is 76.3 Å². The molecule has 0 spiro atoms. The van der Waals surface area contributed by atoms with Gasteiger partial charge in [0.25, 0.3) is 0 Å². The molecule has 0 fully saturated rings. The molecule has 2 aromatic carbocycles. The van der Waals surface area contributed by atoms with Crippen LogP contribution in [0, 0.1) is 22.8 Å². The molecule has 176 valence electrons. The molecule has 4 rings (SSSR count). The number of halogens is 3. The normalized spacial score (nSPS) is 14.5. The Labute approximate surface area is 197 Å². The minimum atomic E-state index is -4.44. The molecule has 1 aliphatic rings. The van der Waals surface area contributed by atoms with Gasteiger partial charge in [0.15, 0.2) is 6.19 Å². The van der Waals surface area contributed by atoms with E-state index in [2.05, 4.69) is 20.6 Å². The highest BCUT2D eigenvalue weighted by atomic mass is 19.4. The molecule has 35 heavy (non-hydrogen) atoms. The van der Waals surface area contributed by atoms with Crippen LogP contribution in [0.3, 0.4) is 0 Å². The van der Waals surface area contributed by atoms with Crippen LogP contribution in [0.1, 0.15) is 33.9 Å². The molecule has 0 saturated heterocycles. The minimum Gasteiger partial charge on any atom is -0.489 e. The average molecular weight is 478 g/mol. The van der Waals surface area contributed by atoms with Gasteiger partial charge in [0.1, 0.15) is 41.7 Å². The lowest BCUT2D eigenvalue weighted by Gasteiger charge is -2.26. The number of nitrogens with two attached hydrogens (primary N) is 2. The van der Waals surface area contributed by atoms with E-state index in [0.29, 0.717) is 22.4 Å². The third-order valence-electron chi connectivity index (χ3n) is 5.21. The summed E-state index contributed by atoms with van der Waals surface area (Å²) in [6, 6.07) is 12.7. The summed E-state index contributed by atoms with van der Waals surface area (Å²) in [5.41, 5.74) is 12.8. The lowest BCUT2D eigenvalue weighted by molar-refractivity contribution is -0.137. The Morgan fingerprint density at radius 3 is 2.51 bits per heavy atom. The number of fused-ring (bicyclic) bond motifs is 1. The first kappa shape index (κ1) is 23.2. The molecule has 2 heterocycles. The van der Waals surface area contributed by atoms with Crippen LogP contribution in [-0.4, -0.2) is 10.9 Å². The lowest BCUT2D eigenvalue weighted by Crippen LogP contribution is -2.32. The Hall–Kier alpha value is -4.97. The van der Waals surface area contributed by atoms with Crippen molar-refractivity contribution < 1.29 is 17.9 Å². The number of nitrogens with zero attached hydrogens (tertiary/aromatic N) is 4. The van der Waals surface area contributed by atoms with Crippen LogP contribution in [0.15, 0.2) is 53.5 Å². The number of alkyl halides is 3. The molecule has 1 aromatic heterocycles. The van der Waals surface area contributed by atoms with Crippen molar-refractivity contribution >= 4 is 23.3 Å². The molecule has 0 saturated carbocycles. The van der Waals surface area contributed by atoms with E-state index in [9.17, 15) is 18.4 Å². The number of rotatable bonds is 4. The lowest BCUT2D eigenvalue weighted by atomic mass is 9.95. The molecule has 0 aliphatic carbocycles. The van der Waals surface area contributed by atoms with Gasteiger partial charge >= 0.3 is 6.18 Å². The zero-order valence-corrected chi connectivity index (χ0v) is 17.9. The summed E-state index contributed by atoms with van der Waals surface area (Å²) in [6.07, 6.45) is -2.66. The maximum absolute atomic E-state index is 12.9. The predicted molar refractivity (Wildman–Crippen MR) is 122 cm³/mol. The Kier molecular flexibility index (Phi) is 6.04. The van der Waals surface area contributed by atoms with Gasteiger partial charge in [-0.15, -0.1) is 0 Å². The average Bonchev–Trinajstić information content (AvgIpc) is 2.82. The number of nitriles is 2. The van der Waals surface area contributed by atoms with Crippen molar-refractivity contribution in [2.24, 2.45) is 4.99 Å². The second-order valence-electron chi connectivity index (χ2n) is 7.46.